The molecule has 0 unspecified atom stereocenters. The average molecular weight is 272 g/mol. The van der Waals surface area contributed by atoms with Crippen molar-refractivity contribution < 1.29 is 0 Å². The summed E-state index contributed by atoms with van der Waals surface area (Å²) < 4.78 is 0. The molecule has 0 radical (unpaired) electrons. The van der Waals surface area contributed by atoms with Crippen LogP contribution in [0.1, 0.15) is 43.9 Å². The van der Waals surface area contributed by atoms with E-state index in [0.29, 0.717) is 0 Å². The first-order valence-corrected chi connectivity index (χ1v) is 8.05. The zero-order chi connectivity index (χ0) is 13.9. The fourth-order valence-corrected chi connectivity index (χ4v) is 5.59. The Morgan fingerprint density at radius 1 is 1.40 bits per heavy atom. The molecule has 1 N–H and O–H groups in total. The van der Waals surface area contributed by atoms with Gasteiger partial charge in [-0.2, -0.15) is 0 Å². The fourth-order valence-electron chi connectivity index (χ4n) is 5.59. The highest BCUT2D eigenvalue weighted by Crippen LogP contribution is 2.57. The maximum atomic E-state index is 11.7. The Bertz CT molecular complexity index is 593. The van der Waals surface area contributed by atoms with E-state index in [4.69, 9.17) is 0 Å². The molecule has 4 rings (SSSR count). The van der Waals surface area contributed by atoms with Gasteiger partial charge in [0.15, 0.2) is 0 Å². The van der Waals surface area contributed by atoms with Gasteiger partial charge in [0.1, 0.15) is 0 Å². The number of nitrogens with zero attached hydrogens (tertiary/aromatic N) is 1. The van der Waals surface area contributed by atoms with Crippen LogP contribution in [-0.2, 0) is 12.0 Å². The second-order valence-electron chi connectivity index (χ2n) is 7.32. The van der Waals surface area contributed by atoms with Crippen LogP contribution in [0.3, 0.4) is 0 Å². The van der Waals surface area contributed by atoms with Crippen LogP contribution in [0.25, 0.3) is 0 Å². The first-order chi connectivity index (χ1) is 9.61. The Morgan fingerprint density at radius 2 is 2.25 bits per heavy atom. The molecule has 1 saturated heterocycles. The van der Waals surface area contributed by atoms with Crippen molar-refractivity contribution in [3.05, 3.63) is 33.7 Å². The predicted octanol–water partition coefficient (Wildman–Crippen LogP) is 2.51. The van der Waals surface area contributed by atoms with Gasteiger partial charge in [0.2, 0.25) is 5.56 Å². The van der Waals surface area contributed by atoms with E-state index in [0.717, 1.165) is 24.2 Å². The molecule has 4 atom stereocenters. The topological polar surface area (TPSA) is 36.1 Å². The predicted molar refractivity (Wildman–Crippen MR) is 79.7 cm³/mol. The van der Waals surface area contributed by atoms with Crippen molar-refractivity contribution in [3.63, 3.8) is 0 Å². The van der Waals surface area contributed by atoms with Gasteiger partial charge in [-0.25, -0.2) is 0 Å². The zero-order valence-corrected chi connectivity index (χ0v) is 12.5. The number of aromatic nitrogens is 1. The lowest BCUT2D eigenvalue weighted by Crippen LogP contribution is -2.61. The number of fused-ring (bicyclic) bond motifs is 1. The van der Waals surface area contributed by atoms with Crippen LogP contribution in [0.5, 0.6) is 0 Å². The molecule has 0 aromatic carbocycles. The van der Waals surface area contributed by atoms with Crippen LogP contribution < -0.4 is 5.56 Å². The molecule has 0 spiro atoms. The lowest BCUT2D eigenvalue weighted by molar-refractivity contribution is -0.0790. The molecular weight excluding hydrogens is 248 g/mol. The molecule has 3 nitrogen and oxygen atoms in total. The molecule has 0 amide bonds. The number of aromatic amines is 1. The van der Waals surface area contributed by atoms with Gasteiger partial charge >= 0.3 is 0 Å². The van der Waals surface area contributed by atoms with E-state index in [1.54, 1.807) is 6.07 Å². The van der Waals surface area contributed by atoms with Crippen LogP contribution in [0.15, 0.2) is 16.9 Å². The van der Waals surface area contributed by atoms with E-state index in [-0.39, 0.29) is 11.1 Å². The SMILES string of the molecule is C[C@H]1C[C@H]2Cc3[nH]c(=O)ccc3[C@@]3(C1)[C@@H]2CCCN3C. The number of hydrogen-bond acceptors (Lipinski definition) is 2. The summed E-state index contributed by atoms with van der Waals surface area (Å²) in [4.78, 5) is 17.4. The number of nitrogens with one attached hydrogen (secondary N) is 1. The summed E-state index contributed by atoms with van der Waals surface area (Å²) in [6, 6.07) is 3.85. The van der Waals surface area contributed by atoms with Crippen molar-refractivity contribution in [2.24, 2.45) is 17.8 Å². The Morgan fingerprint density at radius 3 is 3.10 bits per heavy atom. The molecule has 1 aromatic rings. The molecule has 20 heavy (non-hydrogen) atoms. The minimum absolute atomic E-state index is 0.0585. The van der Waals surface area contributed by atoms with Gasteiger partial charge in [-0.05, 0) is 75.1 Å². The number of hydrogen-bond donors (Lipinski definition) is 1. The van der Waals surface area contributed by atoms with Crippen molar-refractivity contribution in [2.45, 2.75) is 44.6 Å². The maximum absolute atomic E-state index is 11.7. The molecular formula is C17H24N2O. The van der Waals surface area contributed by atoms with Gasteiger partial charge in [0.25, 0.3) is 0 Å². The fraction of sp³-hybridized carbons (Fsp3) is 0.706. The zero-order valence-electron chi connectivity index (χ0n) is 12.5. The van der Waals surface area contributed by atoms with Crippen LogP contribution >= 0.6 is 0 Å². The van der Waals surface area contributed by atoms with Crippen LogP contribution in [0.4, 0.5) is 0 Å². The van der Waals surface area contributed by atoms with Crippen molar-refractivity contribution >= 4 is 0 Å². The third-order valence-electron chi connectivity index (χ3n) is 6.17. The maximum Gasteiger partial charge on any atom is 0.248 e. The minimum atomic E-state index is 0.0585. The summed E-state index contributed by atoms with van der Waals surface area (Å²) in [6.07, 6.45) is 6.35. The molecule has 2 bridgehead atoms. The largest absolute Gasteiger partial charge is 0.326 e. The standard InChI is InChI=1S/C17H24N2O/c1-11-8-12-9-15-14(5-6-16(20)18-15)17(10-11)13(12)4-3-7-19(17)2/h5-6,11-13H,3-4,7-10H2,1-2H3,(H,18,20)/t11-,12-,13+,17+/m0/s1. The third kappa shape index (κ3) is 1.53. The molecule has 2 aliphatic carbocycles. The Balaban J connectivity index is 1.95. The number of rotatable bonds is 0. The second kappa shape index (κ2) is 4.20. The molecule has 3 heteroatoms. The van der Waals surface area contributed by atoms with Crippen LogP contribution in [-0.4, -0.2) is 23.5 Å². The Kier molecular flexibility index (Phi) is 2.65. The van der Waals surface area contributed by atoms with Gasteiger partial charge in [-0.15, -0.1) is 0 Å². The molecule has 2 heterocycles. The highest BCUT2D eigenvalue weighted by Gasteiger charge is 2.55. The Hall–Kier alpha value is -1.09. The van der Waals surface area contributed by atoms with Crippen LogP contribution in [0.2, 0.25) is 0 Å². The van der Waals surface area contributed by atoms with E-state index < -0.39 is 0 Å². The van der Waals surface area contributed by atoms with Crippen LogP contribution in [0, 0.1) is 17.8 Å². The second-order valence-corrected chi connectivity index (χ2v) is 7.32. The van der Waals surface area contributed by atoms with Crippen molar-refractivity contribution in [2.75, 3.05) is 13.6 Å². The van der Waals surface area contributed by atoms with Gasteiger partial charge in [0.05, 0.1) is 5.54 Å². The highest BCUT2D eigenvalue weighted by atomic mass is 16.1. The normalized spacial score (nSPS) is 40.0. The number of likely N-dealkylation sites (tertiary alicyclic amines) is 1. The van der Waals surface area contributed by atoms with Crippen molar-refractivity contribution in [1.29, 1.82) is 0 Å². The van der Waals surface area contributed by atoms with Gasteiger partial charge < -0.3 is 4.98 Å². The van der Waals surface area contributed by atoms with E-state index in [2.05, 4.69) is 29.9 Å². The van der Waals surface area contributed by atoms with Gasteiger partial charge in [-0.1, -0.05) is 6.92 Å². The number of pyridine rings is 1. The van der Waals surface area contributed by atoms with Gasteiger partial charge in [0, 0.05) is 11.8 Å². The number of piperidine rings is 1. The smallest absolute Gasteiger partial charge is 0.248 e. The highest BCUT2D eigenvalue weighted by molar-refractivity contribution is 5.35. The molecule has 1 saturated carbocycles. The average Bonchev–Trinajstić information content (AvgIpc) is 2.39. The summed E-state index contributed by atoms with van der Waals surface area (Å²) in [5.74, 6) is 2.33. The van der Waals surface area contributed by atoms with Crippen molar-refractivity contribution in [3.8, 4) is 0 Å². The van der Waals surface area contributed by atoms with Gasteiger partial charge in [-0.3, -0.25) is 9.69 Å². The van der Waals surface area contributed by atoms with E-state index >= 15 is 0 Å². The minimum Gasteiger partial charge on any atom is -0.326 e. The molecule has 108 valence electrons. The van der Waals surface area contributed by atoms with E-state index in [9.17, 15) is 4.79 Å². The molecule has 2 fully saturated rings. The monoisotopic (exact) mass is 272 g/mol. The first-order valence-electron chi connectivity index (χ1n) is 8.05. The summed E-state index contributed by atoms with van der Waals surface area (Å²) in [6.45, 7) is 3.60. The Labute approximate surface area is 120 Å². The summed E-state index contributed by atoms with van der Waals surface area (Å²) in [7, 11) is 2.29. The first kappa shape index (κ1) is 12.6. The summed E-state index contributed by atoms with van der Waals surface area (Å²) in [5, 5.41) is 0. The third-order valence-corrected chi connectivity index (χ3v) is 6.17. The lowest BCUT2D eigenvalue weighted by Gasteiger charge is -2.60. The van der Waals surface area contributed by atoms with E-state index in [1.807, 2.05) is 0 Å². The summed E-state index contributed by atoms with van der Waals surface area (Å²) in [5.41, 5.74) is 2.90. The number of H-pyrrole nitrogens is 1. The molecule has 3 aliphatic rings. The van der Waals surface area contributed by atoms with Crippen molar-refractivity contribution in [1.82, 2.24) is 9.88 Å². The summed E-state index contributed by atoms with van der Waals surface area (Å²) >= 11 is 0. The quantitative estimate of drug-likeness (QED) is 0.788. The molecule has 1 aliphatic heterocycles. The van der Waals surface area contributed by atoms with E-state index in [1.165, 1.54) is 43.5 Å². The lowest BCUT2D eigenvalue weighted by atomic mass is 9.53. The molecule has 1 aromatic heterocycles.